The lowest BCUT2D eigenvalue weighted by atomic mass is 10.0. The van der Waals surface area contributed by atoms with Gasteiger partial charge in [0.2, 0.25) is 0 Å². The number of hydrogen-bond donors (Lipinski definition) is 0. The zero-order valence-electron chi connectivity index (χ0n) is 32.2. The summed E-state index contributed by atoms with van der Waals surface area (Å²) in [6.45, 7) is 10.8. The summed E-state index contributed by atoms with van der Waals surface area (Å²) in [4.78, 5) is 5.04. The molecule has 0 aliphatic carbocycles. The van der Waals surface area contributed by atoms with Gasteiger partial charge in [-0.05, 0) is 85.6 Å². The molecule has 4 heteroatoms. The molecule has 4 nitrogen and oxygen atoms in total. The molecule has 0 bridgehead atoms. The van der Waals surface area contributed by atoms with Crippen molar-refractivity contribution >= 4 is 54.8 Å². The van der Waals surface area contributed by atoms with E-state index in [0.29, 0.717) is 0 Å². The van der Waals surface area contributed by atoms with E-state index in [1.54, 1.807) is 12.2 Å². The third-order valence-corrected chi connectivity index (χ3v) is 10.0. The molecule has 0 saturated carbocycles. The van der Waals surface area contributed by atoms with Gasteiger partial charge in [0.25, 0.3) is 0 Å². The highest BCUT2D eigenvalue weighted by Gasteiger charge is 2.19. The molecule has 0 unspecified atom stereocenters. The van der Waals surface area contributed by atoms with Gasteiger partial charge >= 0.3 is 0 Å². The largest absolute Gasteiger partial charge is 0.455 e. The smallest absolute Gasteiger partial charge is 0.145 e. The van der Waals surface area contributed by atoms with E-state index in [2.05, 4.69) is 162 Å². The van der Waals surface area contributed by atoms with Crippen LogP contribution >= 0.6 is 0 Å². The molecule has 0 N–H and O–H groups in total. The van der Waals surface area contributed by atoms with Crippen LogP contribution in [0, 0.1) is 0 Å². The van der Waals surface area contributed by atoms with Crippen molar-refractivity contribution < 1.29 is 4.42 Å². The van der Waals surface area contributed by atoms with Gasteiger partial charge in [-0.2, -0.15) is 0 Å². The second-order valence-corrected chi connectivity index (χ2v) is 13.5. The maximum Gasteiger partial charge on any atom is 0.145 e. The van der Waals surface area contributed by atoms with Crippen LogP contribution in [0.5, 0.6) is 0 Å². The third kappa shape index (κ3) is 7.01. The van der Waals surface area contributed by atoms with Crippen molar-refractivity contribution in [3.05, 3.63) is 213 Å². The molecule has 0 fully saturated rings. The summed E-state index contributed by atoms with van der Waals surface area (Å²) in [5.74, 6) is 0.934. The highest BCUT2D eigenvalue weighted by molar-refractivity contribution is 6.23. The van der Waals surface area contributed by atoms with Crippen LogP contribution in [0.1, 0.15) is 13.8 Å². The maximum absolute atomic E-state index is 6.47. The third-order valence-electron chi connectivity index (χ3n) is 10.0. The Hall–Kier alpha value is -7.43. The van der Waals surface area contributed by atoms with Crippen LogP contribution in [0.25, 0.3) is 88.7 Å². The van der Waals surface area contributed by atoms with E-state index in [0.717, 1.165) is 83.3 Å². The van der Waals surface area contributed by atoms with Crippen molar-refractivity contribution in [2.24, 2.45) is 0 Å². The highest BCUT2D eigenvalue weighted by atomic mass is 16.3. The van der Waals surface area contributed by atoms with Crippen LogP contribution in [0.3, 0.4) is 0 Å². The Labute approximate surface area is 333 Å². The Bertz CT molecular complexity index is 3030. The molecule has 0 aliphatic rings. The Morgan fingerprint density at radius 2 is 1.04 bits per heavy atom. The summed E-state index contributed by atoms with van der Waals surface area (Å²) in [5, 5.41) is 4.63. The van der Waals surface area contributed by atoms with Gasteiger partial charge in [-0.1, -0.05) is 153 Å². The Balaban J connectivity index is 0.000000409. The number of aromatic nitrogens is 3. The van der Waals surface area contributed by atoms with Gasteiger partial charge < -0.3 is 8.98 Å². The Kier molecular flexibility index (Phi) is 10.6. The van der Waals surface area contributed by atoms with E-state index >= 15 is 0 Å². The molecule has 276 valence electrons. The van der Waals surface area contributed by atoms with Crippen molar-refractivity contribution in [1.82, 2.24) is 14.1 Å². The van der Waals surface area contributed by atoms with E-state index in [4.69, 9.17) is 9.40 Å². The average molecular weight is 738 g/mol. The fraction of sp³-hybridized carbons (Fsp3) is 0.0377. The molecule has 57 heavy (non-hydrogen) atoms. The van der Waals surface area contributed by atoms with E-state index in [1.807, 2.05) is 62.4 Å². The first-order chi connectivity index (χ1) is 28.1. The molecular formula is C53H43N3O. The number of rotatable bonds is 6. The first-order valence-electron chi connectivity index (χ1n) is 19.2. The first kappa shape index (κ1) is 36.5. The number of imidazole rings is 1. The molecule has 0 spiro atoms. The number of benzene rings is 7. The second-order valence-electron chi connectivity index (χ2n) is 13.5. The van der Waals surface area contributed by atoms with Gasteiger partial charge in [-0.3, -0.25) is 4.57 Å². The summed E-state index contributed by atoms with van der Waals surface area (Å²) in [7, 11) is 0. The van der Waals surface area contributed by atoms with Crippen LogP contribution in [0.4, 0.5) is 0 Å². The minimum atomic E-state index is 0.916. The van der Waals surface area contributed by atoms with Gasteiger partial charge in [-0.25, -0.2) is 4.98 Å². The molecular weight excluding hydrogens is 695 g/mol. The monoisotopic (exact) mass is 737 g/mol. The van der Waals surface area contributed by atoms with E-state index < -0.39 is 0 Å². The lowest BCUT2D eigenvalue weighted by Crippen LogP contribution is -1.97. The minimum absolute atomic E-state index is 0.916. The SMILES string of the molecule is C=C/C=C\C.C=C/C=C\C.c1ccc(-n2c(-c3ccc(-c4ccc(-n5c6ccccc6c6c7oc8ccccc8c7ccc65)cc4)cc3)nc3ccccc32)cc1. The van der Waals surface area contributed by atoms with E-state index in [1.165, 1.54) is 5.39 Å². The maximum atomic E-state index is 6.47. The van der Waals surface area contributed by atoms with Gasteiger partial charge in [0.1, 0.15) is 17.0 Å². The van der Waals surface area contributed by atoms with Crippen molar-refractivity contribution in [3.63, 3.8) is 0 Å². The van der Waals surface area contributed by atoms with Crippen LogP contribution in [-0.2, 0) is 0 Å². The first-order valence-corrected chi connectivity index (χ1v) is 19.2. The van der Waals surface area contributed by atoms with Crippen LogP contribution in [0.2, 0.25) is 0 Å². The molecule has 10 rings (SSSR count). The standard InChI is InChI=1S/C43H27N3O.2C5H8/c1-2-10-31(11-3-1)46-38-16-8-6-14-36(38)44-43(46)30-20-18-28(19-21-30)29-22-24-32(25-23-29)45-37-15-7-4-13-35(37)41-39(45)27-26-34-33-12-5-9-17-40(33)47-42(34)41;2*1-3-5-4-2/h1-27H;2*3-5H,1H2,2H3/b;2*5-4-. The number of hydrogen-bond acceptors (Lipinski definition) is 2. The van der Waals surface area contributed by atoms with Gasteiger partial charge in [0.05, 0.1) is 27.5 Å². The van der Waals surface area contributed by atoms with Crippen LogP contribution in [0.15, 0.2) is 218 Å². The summed E-state index contributed by atoms with van der Waals surface area (Å²) >= 11 is 0. The fourth-order valence-electron chi connectivity index (χ4n) is 7.46. The fourth-order valence-corrected chi connectivity index (χ4v) is 7.46. The average Bonchev–Trinajstić information content (AvgIpc) is 3.95. The molecule has 0 amide bonds. The van der Waals surface area contributed by atoms with Crippen molar-refractivity contribution in [2.75, 3.05) is 0 Å². The number of nitrogens with zero attached hydrogens (tertiary/aromatic N) is 3. The number of allylic oxidation sites excluding steroid dienone is 6. The highest BCUT2D eigenvalue weighted by Crippen LogP contribution is 2.40. The van der Waals surface area contributed by atoms with E-state index in [-0.39, 0.29) is 0 Å². The van der Waals surface area contributed by atoms with Crippen LogP contribution < -0.4 is 0 Å². The van der Waals surface area contributed by atoms with Gasteiger partial charge in [-0.15, -0.1) is 0 Å². The summed E-state index contributed by atoms with van der Waals surface area (Å²) in [5.41, 5.74) is 11.8. The van der Waals surface area contributed by atoms with Gasteiger partial charge in [0, 0.05) is 33.1 Å². The van der Waals surface area contributed by atoms with Crippen molar-refractivity contribution in [1.29, 1.82) is 0 Å². The van der Waals surface area contributed by atoms with Crippen molar-refractivity contribution in [2.45, 2.75) is 13.8 Å². The molecule has 3 heterocycles. The summed E-state index contributed by atoms with van der Waals surface area (Å²) < 4.78 is 11.1. The number of para-hydroxylation sites is 5. The summed E-state index contributed by atoms with van der Waals surface area (Å²) in [6, 6.07) is 57.7. The topological polar surface area (TPSA) is 35.9 Å². The zero-order valence-corrected chi connectivity index (χ0v) is 32.2. The molecule has 7 aromatic carbocycles. The molecule has 0 saturated heterocycles. The minimum Gasteiger partial charge on any atom is -0.455 e. The Morgan fingerprint density at radius 1 is 0.474 bits per heavy atom. The molecule has 0 atom stereocenters. The lowest BCUT2D eigenvalue weighted by molar-refractivity contribution is 0.673. The molecule has 0 radical (unpaired) electrons. The number of furan rings is 1. The van der Waals surface area contributed by atoms with E-state index in [9.17, 15) is 0 Å². The van der Waals surface area contributed by atoms with Crippen LogP contribution in [-0.4, -0.2) is 14.1 Å². The summed E-state index contributed by atoms with van der Waals surface area (Å²) in [6.07, 6.45) is 11.2. The lowest BCUT2D eigenvalue weighted by Gasteiger charge is -2.11. The molecule has 3 aromatic heterocycles. The molecule has 0 aliphatic heterocycles. The quantitative estimate of drug-likeness (QED) is 0.159. The number of fused-ring (bicyclic) bond motifs is 8. The van der Waals surface area contributed by atoms with Gasteiger partial charge in [0.15, 0.2) is 0 Å². The zero-order chi connectivity index (χ0) is 39.1. The normalized spacial score (nSPS) is 11.3. The van der Waals surface area contributed by atoms with Crippen molar-refractivity contribution in [3.8, 4) is 33.9 Å². The predicted octanol–water partition coefficient (Wildman–Crippen LogP) is 14.9. The predicted molar refractivity (Wildman–Crippen MR) is 244 cm³/mol. The second kappa shape index (κ2) is 16.5. The Morgan fingerprint density at radius 3 is 1.70 bits per heavy atom. The molecule has 10 aromatic rings.